The van der Waals surface area contributed by atoms with Gasteiger partial charge in [0.2, 0.25) is 10.0 Å². The zero-order chi connectivity index (χ0) is 20.5. The Morgan fingerprint density at radius 2 is 1.96 bits per heavy atom. The highest BCUT2D eigenvalue weighted by atomic mass is 32.2. The van der Waals surface area contributed by atoms with Crippen LogP contribution in [-0.2, 0) is 20.2 Å². The van der Waals surface area contributed by atoms with Crippen LogP contribution < -0.4 is 4.31 Å². The quantitative estimate of drug-likeness (QED) is 0.664. The maximum absolute atomic E-state index is 13.3. The summed E-state index contributed by atoms with van der Waals surface area (Å²) in [6.07, 6.45) is -0.815. The average Bonchev–Trinajstić information content (AvgIpc) is 3.14. The molecule has 0 N–H and O–H groups in total. The molecule has 0 bridgehead atoms. The molecule has 0 unspecified atom stereocenters. The minimum absolute atomic E-state index is 0.0528. The third-order valence-corrected chi connectivity index (χ3v) is 7.54. The molecule has 9 heteroatoms. The molecule has 1 saturated carbocycles. The number of carbonyl (C=O) groups excluding carboxylic acids is 1. The molecule has 1 saturated heterocycles. The van der Waals surface area contributed by atoms with Crippen LogP contribution in [-0.4, -0.2) is 50.3 Å². The van der Waals surface area contributed by atoms with Crippen molar-refractivity contribution in [2.75, 3.05) is 17.1 Å². The maximum Gasteiger partial charge on any atom is 0.471 e. The van der Waals surface area contributed by atoms with E-state index in [9.17, 15) is 26.4 Å². The summed E-state index contributed by atoms with van der Waals surface area (Å²) >= 11 is 0. The van der Waals surface area contributed by atoms with E-state index in [4.69, 9.17) is 0 Å². The van der Waals surface area contributed by atoms with E-state index < -0.39 is 39.6 Å². The molecule has 2 aliphatic heterocycles. The normalized spacial score (nSPS) is 31.0. The summed E-state index contributed by atoms with van der Waals surface area (Å²) in [7, 11) is -3.63. The van der Waals surface area contributed by atoms with Gasteiger partial charge in [0.05, 0.1) is 24.0 Å². The van der Waals surface area contributed by atoms with Gasteiger partial charge in [-0.1, -0.05) is 29.8 Å². The van der Waals surface area contributed by atoms with E-state index in [-0.39, 0.29) is 6.54 Å². The molecule has 1 aromatic rings. The van der Waals surface area contributed by atoms with E-state index in [0.717, 1.165) is 16.7 Å². The number of carbonyl (C=O) groups is 1. The number of amides is 1. The predicted molar refractivity (Wildman–Crippen MR) is 98.4 cm³/mol. The number of anilines is 1. The summed E-state index contributed by atoms with van der Waals surface area (Å²) < 4.78 is 66.4. The molecular formula is C19H21F3N2O3S. The molecule has 3 aliphatic rings. The molecule has 1 amide bonds. The lowest BCUT2D eigenvalue weighted by Gasteiger charge is -2.46. The number of para-hydroxylation sites is 1. The summed E-state index contributed by atoms with van der Waals surface area (Å²) in [6, 6.07) is 5.69. The van der Waals surface area contributed by atoms with Crippen LogP contribution in [0.5, 0.6) is 0 Å². The lowest BCUT2D eigenvalue weighted by atomic mass is 9.63. The standard InChI is InChI=1S/C19H21F3N2O3S/c1-3-12-8-9-15-18(10-11-23(16(12)18)17(25)19(20,21)22)13-6-4-5-7-14(13)24(15)28(2,26)27/h3-7,15-16H,8-11H2,1-2H3/b12-3+/t15-,16-,18-/m0/s1. The van der Waals surface area contributed by atoms with Gasteiger partial charge < -0.3 is 4.90 Å². The topological polar surface area (TPSA) is 57.7 Å². The summed E-state index contributed by atoms with van der Waals surface area (Å²) in [5.74, 6) is -1.86. The Morgan fingerprint density at radius 3 is 2.57 bits per heavy atom. The number of nitrogens with zero attached hydrogens (tertiary/aromatic N) is 2. The number of alkyl halides is 3. The molecule has 2 heterocycles. The van der Waals surface area contributed by atoms with Gasteiger partial charge >= 0.3 is 12.1 Å². The molecule has 2 fully saturated rings. The first-order chi connectivity index (χ1) is 13.0. The Balaban J connectivity index is 1.95. The Morgan fingerprint density at radius 1 is 1.29 bits per heavy atom. The van der Waals surface area contributed by atoms with Gasteiger partial charge in [-0.2, -0.15) is 13.2 Å². The second kappa shape index (κ2) is 5.98. The van der Waals surface area contributed by atoms with E-state index in [2.05, 4.69) is 0 Å². The van der Waals surface area contributed by atoms with E-state index in [1.54, 1.807) is 37.3 Å². The molecule has 1 aromatic carbocycles. The van der Waals surface area contributed by atoms with Crippen LogP contribution in [0.15, 0.2) is 35.9 Å². The van der Waals surface area contributed by atoms with Gasteiger partial charge in [-0.25, -0.2) is 8.42 Å². The lowest BCUT2D eigenvalue weighted by Crippen LogP contribution is -2.58. The fraction of sp³-hybridized carbons (Fsp3) is 0.526. The van der Waals surface area contributed by atoms with Gasteiger partial charge in [0.15, 0.2) is 0 Å². The highest BCUT2D eigenvalue weighted by Gasteiger charge is 2.66. The molecule has 3 atom stereocenters. The van der Waals surface area contributed by atoms with Crippen LogP contribution in [0.25, 0.3) is 0 Å². The smallest absolute Gasteiger partial charge is 0.327 e. The highest BCUT2D eigenvalue weighted by molar-refractivity contribution is 7.92. The van der Waals surface area contributed by atoms with Crippen LogP contribution in [0, 0.1) is 0 Å². The molecule has 0 aromatic heterocycles. The number of hydrogen-bond donors (Lipinski definition) is 0. The van der Waals surface area contributed by atoms with Crippen LogP contribution in [0.1, 0.15) is 31.7 Å². The zero-order valence-electron chi connectivity index (χ0n) is 15.5. The SMILES string of the molecule is C/C=C1\CC[C@@H]2N(S(C)(=O)=O)c3ccccc3[C@@]23CCN(C(=O)C(F)(F)F)[C@@H]13. The first kappa shape index (κ1) is 19.3. The maximum atomic E-state index is 13.3. The van der Waals surface area contributed by atoms with E-state index in [1.807, 2.05) is 0 Å². The van der Waals surface area contributed by atoms with E-state index in [1.165, 1.54) is 4.31 Å². The number of hydrogen-bond acceptors (Lipinski definition) is 3. The van der Waals surface area contributed by atoms with Crippen molar-refractivity contribution in [2.45, 2.75) is 49.9 Å². The minimum atomic E-state index is -4.97. The number of fused-ring (bicyclic) bond motifs is 1. The molecule has 152 valence electrons. The first-order valence-electron chi connectivity index (χ1n) is 9.15. The molecule has 28 heavy (non-hydrogen) atoms. The van der Waals surface area contributed by atoms with Gasteiger partial charge in [0.1, 0.15) is 0 Å². The number of rotatable bonds is 1. The van der Waals surface area contributed by atoms with E-state index >= 15 is 0 Å². The lowest BCUT2D eigenvalue weighted by molar-refractivity contribution is -0.186. The molecule has 4 rings (SSSR count). The van der Waals surface area contributed by atoms with Crippen molar-refractivity contribution in [3.05, 3.63) is 41.5 Å². The van der Waals surface area contributed by atoms with Gasteiger partial charge in [-0.3, -0.25) is 9.10 Å². The van der Waals surface area contributed by atoms with Crippen molar-refractivity contribution < 1.29 is 26.4 Å². The monoisotopic (exact) mass is 414 g/mol. The Kier molecular flexibility index (Phi) is 4.12. The fourth-order valence-corrected chi connectivity index (χ4v) is 6.81. The van der Waals surface area contributed by atoms with Gasteiger partial charge in [-0.05, 0) is 37.8 Å². The van der Waals surface area contributed by atoms with Crippen LogP contribution >= 0.6 is 0 Å². The Labute approximate surface area is 161 Å². The van der Waals surface area contributed by atoms with Crippen molar-refractivity contribution >= 4 is 21.6 Å². The van der Waals surface area contributed by atoms with Crippen LogP contribution in [0.4, 0.5) is 18.9 Å². The third-order valence-electron chi connectivity index (χ3n) is 6.38. The summed E-state index contributed by atoms with van der Waals surface area (Å²) in [6.45, 7) is 1.70. The molecular weight excluding hydrogens is 393 g/mol. The van der Waals surface area contributed by atoms with Crippen LogP contribution in [0.2, 0.25) is 0 Å². The average molecular weight is 414 g/mol. The number of halogens is 3. The second-order valence-corrected chi connectivity index (χ2v) is 9.54. The third kappa shape index (κ3) is 2.44. The Hall–Kier alpha value is -2.03. The summed E-state index contributed by atoms with van der Waals surface area (Å²) in [4.78, 5) is 13.1. The van der Waals surface area contributed by atoms with Gasteiger partial charge in [-0.15, -0.1) is 0 Å². The van der Waals surface area contributed by atoms with Crippen molar-refractivity contribution in [1.82, 2.24) is 4.90 Å². The van der Waals surface area contributed by atoms with Crippen molar-refractivity contribution in [3.8, 4) is 0 Å². The summed E-state index contributed by atoms with van der Waals surface area (Å²) in [5, 5.41) is 0. The van der Waals surface area contributed by atoms with E-state index in [0.29, 0.717) is 30.5 Å². The predicted octanol–water partition coefficient (Wildman–Crippen LogP) is 2.98. The van der Waals surface area contributed by atoms with Gasteiger partial charge in [0.25, 0.3) is 0 Å². The molecule has 1 aliphatic carbocycles. The first-order valence-corrected chi connectivity index (χ1v) is 11.0. The van der Waals surface area contributed by atoms with Gasteiger partial charge in [0, 0.05) is 12.0 Å². The minimum Gasteiger partial charge on any atom is -0.327 e. The number of benzene rings is 1. The van der Waals surface area contributed by atoms with Crippen molar-refractivity contribution in [3.63, 3.8) is 0 Å². The van der Waals surface area contributed by atoms with Crippen molar-refractivity contribution in [2.24, 2.45) is 0 Å². The highest BCUT2D eigenvalue weighted by Crippen LogP contribution is 2.60. The molecule has 1 spiro atoms. The summed E-state index contributed by atoms with van der Waals surface area (Å²) in [5.41, 5.74) is 1.13. The number of sulfonamides is 1. The number of likely N-dealkylation sites (tertiary alicyclic amines) is 1. The largest absolute Gasteiger partial charge is 0.471 e. The fourth-order valence-electron chi connectivity index (χ4n) is 5.54. The molecule has 5 nitrogen and oxygen atoms in total. The van der Waals surface area contributed by atoms with Crippen LogP contribution in [0.3, 0.4) is 0 Å². The second-order valence-electron chi connectivity index (χ2n) is 7.68. The molecule has 0 radical (unpaired) electrons. The Bertz CT molecular complexity index is 973. The van der Waals surface area contributed by atoms with Crippen molar-refractivity contribution in [1.29, 1.82) is 0 Å². The zero-order valence-corrected chi connectivity index (χ0v) is 16.3. The number of allylic oxidation sites excluding steroid dienone is 1.